The van der Waals surface area contributed by atoms with Gasteiger partial charge in [-0.15, -0.1) is 6.58 Å². The van der Waals surface area contributed by atoms with Crippen LogP contribution in [0.25, 0.3) is 0 Å². The van der Waals surface area contributed by atoms with Gasteiger partial charge in [0.2, 0.25) is 5.91 Å². The molecule has 0 saturated heterocycles. The lowest BCUT2D eigenvalue weighted by Gasteiger charge is -2.18. The van der Waals surface area contributed by atoms with Crippen LogP contribution in [0.3, 0.4) is 0 Å². The molecule has 0 saturated carbocycles. The van der Waals surface area contributed by atoms with Gasteiger partial charge in [-0.1, -0.05) is 24.3 Å². The van der Waals surface area contributed by atoms with Gasteiger partial charge < -0.3 is 10.2 Å². The van der Waals surface area contributed by atoms with E-state index < -0.39 is 0 Å². The highest BCUT2D eigenvalue weighted by molar-refractivity contribution is 5.94. The smallest absolute Gasteiger partial charge is 0.251 e. The van der Waals surface area contributed by atoms with Crippen LogP contribution in [-0.4, -0.2) is 36.3 Å². The topological polar surface area (TPSA) is 49.4 Å². The van der Waals surface area contributed by atoms with E-state index in [0.29, 0.717) is 25.2 Å². The number of rotatable bonds is 8. The fraction of sp³-hybridized carbons (Fsp3) is 0.375. The standard InChI is InChI=1S/C16H22N2O2/c1-3-12-18(14(2)19)13-8-7-11-17-16(20)15-9-5-4-6-10-15/h3-6,9-10H,1,7-8,11-13H2,2H3,(H,17,20). The van der Waals surface area contributed by atoms with E-state index in [1.807, 2.05) is 18.2 Å². The van der Waals surface area contributed by atoms with Crippen molar-refractivity contribution in [1.29, 1.82) is 0 Å². The van der Waals surface area contributed by atoms with Crippen LogP contribution in [0.2, 0.25) is 0 Å². The van der Waals surface area contributed by atoms with Crippen molar-refractivity contribution in [3.8, 4) is 0 Å². The third kappa shape index (κ3) is 5.69. The molecule has 0 unspecified atom stereocenters. The minimum atomic E-state index is -0.0554. The Bertz CT molecular complexity index is 443. The van der Waals surface area contributed by atoms with Crippen molar-refractivity contribution in [2.24, 2.45) is 0 Å². The van der Waals surface area contributed by atoms with Gasteiger partial charge in [-0.2, -0.15) is 0 Å². The molecule has 4 heteroatoms. The fourth-order valence-corrected chi connectivity index (χ4v) is 1.85. The normalized spacial score (nSPS) is 9.85. The summed E-state index contributed by atoms with van der Waals surface area (Å²) >= 11 is 0. The van der Waals surface area contributed by atoms with Crippen LogP contribution in [0.5, 0.6) is 0 Å². The Hall–Kier alpha value is -2.10. The molecule has 1 rings (SSSR count). The molecule has 0 heterocycles. The summed E-state index contributed by atoms with van der Waals surface area (Å²) in [6, 6.07) is 9.14. The number of amides is 2. The van der Waals surface area contributed by atoms with Crippen LogP contribution in [0.1, 0.15) is 30.1 Å². The average Bonchev–Trinajstić information content (AvgIpc) is 2.46. The summed E-state index contributed by atoms with van der Waals surface area (Å²) < 4.78 is 0. The summed E-state index contributed by atoms with van der Waals surface area (Å²) in [7, 11) is 0. The van der Waals surface area contributed by atoms with Crippen LogP contribution < -0.4 is 5.32 Å². The summed E-state index contributed by atoms with van der Waals surface area (Å²) in [5.41, 5.74) is 0.671. The van der Waals surface area contributed by atoms with Crippen LogP contribution >= 0.6 is 0 Å². The van der Waals surface area contributed by atoms with Gasteiger partial charge in [0.25, 0.3) is 5.91 Å². The van der Waals surface area contributed by atoms with E-state index in [9.17, 15) is 9.59 Å². The lowest BCUT2D eigenvalue weighted by molar-refractivity contribution is -0.128. The summed E-state index contributed by atoms with van der Waals surface area (Å²) in [6.07, 6.45) is 3.43. The number of hydrogen-bond donors (Lipinski definition) is 1. The van der Waals surface area contributed by atoms with Crippen molar-refractivity contribution in [3.63, 3.8) is 0 Å². The van der Waals surface area contributed by atoms with Gasteiger partial charge in [-0.3, -0.25) is 9.59 Å². The van der Waals surface area contributed by atoms with Crippen LogP contribution in [0.15, 0.2) is 43.0 Å². The molecule has 20 heavy (non-hydrogen) atoms. The van der Waals surface area contributed by atoms with Gasteiger partial charge in [0.05, 0.1) is 0 Å². The first-order valence-electron chi connectivity index (χ1n) is 6.85. The molecule has 0 spiro atoms. The van der Waals surface area contributed by atoms with E-state index in [-0.39, 0.29) is 11.8 Å². The second-order valence-electron chi connectivity index (χ2n) is 4.58. The zero-order valence-electron chi connectivity index (χ0n) is 12.0. The predicted molar refractivity (Wildman–Crippen MR) is 80.5 cm³/mol. The SMILES string of the molecule is C=CCN(CCCCNC(=O)c1ccccc1)C(C)=O. The second kappa shape index (κ2) is 8.91. The third-order valence-electron chi connectivity index (χ3n) is 2.97. The van der Waals surface area contributed by atoms with E-state index in [2.05, 4.69) is 11.9 Å². The first-order chi connectivity index (χ1) is 9.65. The van der Waals surface area contributed by atoms with Crippen molar-refractivity contribution >= 4 is 11.8 Å². The first-order valence-corrected chi connectivity index (χ1v) is 6.85. The Kier molecular flexibility index (Phi) is 7.11. The quantitative estimate of drug-likeness (QED) is 0.584. The molecule has 2 amide bonds. The zero-order chi connectivity index (χ0) is 14.8. The van der Waals surface area contributed by atoms with Crippen molar-refractivity contribution in [2.45, 2.75) is 19.8 Å². The Morgan fingerprint density at radius 1 is 1.25 bits per heavy atom. The highest BCUT2D eigenvalue weighted by atomic mass is 16.2. The monoisotopic (exact) mass is 274 g/mol. The van der Waals surface area contributed by atoms with Crippen molar-refractivity contribution in [3.05, 3.63) is 48.6 Å². The Balaban J connectivity index is 2.20. The van der Waals surface area contributed by atoms with Gasteiger partial charge in [0.1, 0.15) is 0 Å². The molecule has 4 nitrogen and oxygen atoms in total. The first kappa shape index (κ1) is 16.0. The molecule has 1 N–H and O–H groups in total. The summed E-state index contributed by atoms with van der Waals surface area (Å²) in [4.78, 5) is 24.8. The molecular formula is C16H22N2O2. The third-order valence-corrected chi connectivity index (χ3v) is 2.97. The van der Waals surface area contributed by atoms with Crippen LogP contribution in [0, 0.1) is 0 Å². The maximum Gasteiger partial charge on any atom is 0.251 e. The molecule has 108 valence electrons. The van der Waals surface area contributed by atoms with Crippen LogP contribution in [0.4, 0.5) is 0 Å². The molecule has 0 bridgehead atoms. The maximum atomic E-state index is 11.8. The van der Waals surface area contributed by atoms with Crippen LogP contribution in [-0.2, 0) is 4.79 Å². The number of benzene rings is 1. The summed E-state index contributed by atoms with van der Waals surface area (Å²) in [5.74, 6) is -0.00154. The Morgan fingerprint density at radius 2 is 1.95 bits per heavy atom. The predicted octanol–water partition coefficient (Wildman–Crippen LogP) is 2.23. The Morgan fingerprint density at radius 3 is 2.55 bits per heavy atom. The molecule has 0 radical (unpaired) electrons. The molecule has 0 aromatic heterocycles. The molecule has 0 aliphatic carbocycles. The number of nitrogens with one attached hydrogen (secondary N) is 1. The number of carbonyl (C=O) groups excluding carboxylic acids is 2. The number of carbonyl (C=O) groups is 2. The van der Waals surface area contributed by atoms with Crippen molar-refractivity contribution < 1.29 is 9.59 Å². The van der Waals surface area contributed by atoms with Gasteiger partial charge in [0.15, 0.2) is 0 Å². The minimum Gasteiger partial charge on any atom is -0.352 e. The Labute approximate surface area is 120 Å². The van der Waals surface area contributed by atoms with Crippen molar-refractivity contribution in [1.82, 2.24) is 10.2 Å². The minimum absolute atomic E-state index is 0.0539. The highest BCUT2D eigenvalue weighted by Gasteiger charge is 2.06. The van der Waals surface area contributed by atoms with Gasteiger partial charge in [-0.05, 0) is 25.0 Å². The van der Waals surface area contributed by atoms with Gasteiger partial charge in [0, 0.05) is 32.1 Å². The number of nitrogens with zero attached hydrogens (tertiary/aromatic N) is 1. The number of hydrogen-bond acceptors (Lipinski definition) is 2. The highest BCUT2D eigenvalue weighted by Crippen LogP contribution is 1.99. The molecule has 0 aliphatic heterocycles. The molecule has 0 fully saturated rings. The fourth-order valence-electron chi connectivity index (χ4n) is 1.85. The van der Waals surface area contributed by atoms with Gasteiger partial charge >= 0.3 is 0 Å². The van der Waals surface area contributed by atoms with E-state index in [1.54, 1.807) is 30.0 Å². The number of unbranched alkanes of at least 4 members (excludes halogenated alkanes) is 1. The lowest BCUT2D eigenvalue weighted by Crippen LogP contribution is -2.30. The van der Waals surface area contributed by atoms with E-state index >= 15 is 0 Å². The molecular weight excluding hydrogens is 252 g/mol. The summed E-state index contributed by atoms with van der Waals surface area (Å²) in [6.45, 7) is 7.08. The molecule has 1 aromatic carbocycles. The van der Waals surface area contributed by atoms with Crippen molar-refractivity contribution in [2.75, 3.05) is 19.6 Å². The lowest BCUT2D eigenvalue weighted by atomic mass is 10.2. The van der Waals surface area contributed by atoms with Gasteiger partial charge in [-0.25, -0.2) is 0 Å². The molecule has 1 aromatic rings. The average molecular weight is 274 g/mol. The second-order valence-corrected chi connectivity index (χ2v) is 4.58. The summed E-state index contributed by atoms with van der Waals surface area (Å²) in [5, 5.41) is 2.87. The molecule has 0 atom stereocenters. The largest absolute Gasteiger partial charge is 0.352 e. The van der Waals surface area contributed by atoms with E-state index in [0.717, 1.165) is 12.8 Å². The van der Waals surface area contributed by atoms with E-state index in [1.165, 1.54) is 0 Å². The van der Waals surface area contributed by atoms with E-state index in [4.69, 9.17) is 0 Å². The zero-order valence-corrected chi connectivity index (χ0v) is 12.0. The molecule has 0 aliphatic rings. The maximum absolute atomic E-state index is 11.8.